The van der Waals surface area contributed by atoms with Crippen LogP contribution in [0.5, 0.6) is 0 Å². The van der Waals surface area contributed by atoms with Crippen LogP contribution in [0.3, 0.4) is 0 Å². The van der Waals surface area contributed by atoms with Gasteiger partial charge in [-0.15, -0.1) is 0 Å². The summed E-state index contributed by atoms with van der Waals surface area (Å²) in [6, 6.07) is 8.17. The molecule has 2 rings (SSSR count). The van der Waals surface area contributed by atoms with Gasteiger partial charge in [0.25, 0.3) is 0 Å². The highest BCUT2D eigenvalue weighted by Crippen LogP contribution is 2.28. The number of hydrogen-bond acceptors (Lipinski definition) is 3. The van der Waals surface area contributed by atoms with Crippen molar-refractivity contribution in [1.29, 1.82) is 5.26 Å². The number of benzene rings is 1. The lowest BCUT2D eigenvalue weighted by Gasteiger charge is -2.34. The average Bonchev–Trinajstić information content (AvgIpc) is 2.45. The molecule has 19 heavy (non-hydrogen) atoms. The first-order valence-electron chi connectivity index (χ1n) is 6.90. The van der Waals surface area contributed by atoms with E-state index in [0.29, 0.717) is 0 Å². The molecule has 0 amide bonds. The SMILES string of the molecule is CCNCC1CCN(c2cc(Br)ccc2C#N)CC1. The van der Waals surface area contributed by atoms with Gasteiger partial charge in [0.05, 0.1) is 11.3 Å². The van der Waals surface area contributed by atoms with E-state index >= 15 is 0 Å². The predicted octanol–water partition coefficient (Wildman–Crippen LogP) is 3.15. The molecule has 1 N–H and O–H groups in total. The van der Waals surface area contributed by atoms with Gasteiger partial charge in [-0.2, -0.15) is 5.26 Å². The molecule has 0 aliphatic carbocycles. The smallest absolute Gasteiger partial charge is 0.101 e. The summed E-state index contributed by atoms with van der Waals surface area (Å²) in [6.45, 7) is 6.40. The quantitative estimate of drug-likeness (QED) is 0.925. The number of rotatable bonds is 4. The van der Waals surface area contributed by atoms with Crippen LogP contribution in [0.2, 0.25) is 0 Å². The summed E-state index contributed by atoms with van der Waals surface area (Å²) in [5, 5.41) is 12.6. The van der Waals surface area contributed by atoms with E-state index in [1.165, 1.54) is 12.8 Å². The lowest BCUT2D eigenvalue weighted by atomic mass is 9.96. The number of halogens is 1. The molecular formula is C15H20BrN3. The molecule has 1 aliphatic rings. The molecule has 3 nitrogen and oxygen atoms in total. The van der Waals surface area contributed by atoms with Crippen molar-refractivity contribution in [3.63, 3.8) is 0 Å². The van der Waals surface area contributed by atoms with E-state index in [1.54, 1.807) is 0 Å². The van der Waals surface area contributed by atoms with Crippen molar-refractivity contribution >= 4 is 21.6 Å². The minimum atomic E-state index is 0.772. The minimum Gasteiger partial charge on any atom is -0.370 e. The summed E-state index contributed by atoms with van der Waals surface area (Å²) in [4.78, 5) is 2.34. The zero-order valence-corrected chi connectivity index (χ0v) is 12.9. The Labute approximate surface area is 123 Å². The normalized spacial score (nSPS) is 16.4. The molecule has 1 aliphatic heterocycles. The molecule has 0 aromatic heterocycles. The summed E-state index contributed by atoms with van der Waals surface area (Å²) in [5.41, 5.74) is 1.84. The van der Waals surface area contributed by atoms with Crippen molar-refractivity contribution < 1.29 is 0 Å². The lowest BCUT2D eigenvalue weighted by molar-refractivity contribution is 0.386. The zero-order valence-electron chi connectivity index (χ0n) is 11.3. The first-order valence-corrected chi connectivity index (χ1v) is 7.69. The second-order valence-corrected chi connectivity index (χ2v) is 5.93. The maximum atomic E-state index is 9.21. The summed E-state index contributed by atoms with van der Waals surface area (Å²) < 4.78 is 1.04. The molecule has 0 atom stereocenters. The van der Waals surface area contributed by atoms with Crippen LogP contribution in [0.25, 0.3) is 0 Å². The van der Waals surface area contributed by atoms with Gasteiger partial charge in [-0.05, 0) is 50.0 Å². The molecule has 1 saturated heterocycles. The van der Waals surface area contributed by atoms with Gasteiger partial charge in [-0.3, -0.25) is 0 Å². The molecule has 1 fully saturated rings. The molecule has 0 radical (unpaired) electrons. The van der Waals surface area contributed by atoms with Crippen LogP contribution in [-0.2, 0) is 0 Å². The van der Waals surface area contributed by atoms with Gasteiger partial charge in [-0.1, -0.05) is 22.9 Å². The van der Waals surface area contributed by atoms with E-state index < -0.39 is 0 Å². The van der Waals surface area contributed by atoms with Crippen molar-refractivity contribution in [2.45, 2.75) is 19.8 Å². The lowest BCUT2D eigenvalue weighted by Crippen LogP contribution is -2.37. The average molecular weight is 322 g/mol. The van der Waals surface area contributed by atoms with Crippen LogP contribution >= 0.6 is 15.9 Å². The van der Waals surface area contributed by atoms with Crippen LogP contribution in [0, 0.1) is 17.2 Å². The number of nitrogens with one attached hydrogen (secondary N) is 1. The standard InChI is InChI=1S/C15H20BrN3/c1-2-18-11-12-5-7-19(8-6-12)15-9-14(16)4-3-13(15)10-17/h3-4,9,12,18H,2,5-8,11H2,1H3. The van der Waals surface area contributed by atoms with Crippen molar-refractivity contribution in [1.82, 2.24) is 5.32 Å². The Morgan fingerprint density at radius 2 is 2.16 bits per heavy atom. The Kier molecular flexibility index (Phi) is 5.24. The van der Waals surface area contributed by atoms with Crippen molar-refractivity contribution in [3.8, 4) is 6.07 Å². The maximum absolute atomic E-state index is 9.21. The first kappa shape index (κ1) is 14.4. The number of piperidine rings is 1. The van der Waals surface area contributed by atoms with Crippen molar-refractivity contribution in [2.75, 3.05) is 31.1 Å². The molecule has 1 heterocycles. The van der Waals surface area contributed by atoms with E-state index in [0.717, 1.165) is 47.8 Å². The van der Waals surface area contributed by atoms with Crippen molar-refractivity contribution in [3.05, 3.63) is 28.2 Å². The molecule has 0 saturated carbocycles. The third kappa shape index (κ3) is 3.71. The Bertz CT molecular complexity index is 459. The van der Waals surface area contributed by atoms with E-state index in [2.05, 4.69) is 45.2 Å². The maximum Gasteiger partial charge on any atom is 0.101 e. The number of anilines is 1. The van der Waals surface area contributed by atoms with Gasteiger partial charge >= 0.3 is 0 Å². The van der Waals surface area contributed by atoms with Gasteiger partial charge in [0.15, 0.2) is 0 Å². The summed E-state index contributed by atoms with van der Waals surface area (Å²) in [5.74, 6) is 0.772. The third-order valence-electron chi connectivity index (χ3n) is 3.72. The molecule has 102 valence electrons. The van der Waals surface area contributed by atoms with Crippen LogP contribution in [0.1, 0.15) is 25.3 Å². The first-order chi connectivity index (χ1) is 9.24. The highest BCUT2D eigenvalue weighted by atomic mass is 79.9. The largest absolute Gasteiger partial charge is 0.370 e. The van der Waals surface area contributed by atoms with Crippen LogP contribution in [-0.4, -0.2) is 26.2 Å². The predicted molar refractivity (Wildman–Crippen MR) is 82.3 cm³/mol. The topological polar surface area (TPSA) is 39.1 Å². The highest BCUT2D eigenvalue weighted by molar-refractivity contribution is 9.10. The molecule has 0 bridgehead atoms. The summed E-state index contributed by atoms with van der Waals surface area (Å²) >= 11 is 3.49. The fraction of sp³-hybridized carbons (Fsp3) is 0.533. The Hall–Kier alpha value is -1.05. The van der Waals surface area contributed by atoms with Gasteiger partial charge < -0.3 is 10.2 Å². The summed E-state index contributed by atoms with van der Waals surface area (Å²) in [6.07, 6.45) is 2.40. The Morgan fingerprint density at radius 1 is 1.42 bits per heavy atom. The van der Waals surface area contributed by atoms with Crippen molar-refractivity contribution in [2.24, 2.45) is 5.92 Å². The fourth-order valence-electron chi connectivity index (χ4n) is 2.59. The van der Waals surface area contributed by atoms with E-state index in [1.807, 2.05) is 12.1 Å². The summed E-state index contributed by atoms with van der Waals surface area (Å²) in [7, 11) is 0. The van der Waals surface area contributed by atoms with E-state index in [9.17, 15) is 5.26 Å². The number of nitrogens with zero attached hydrogens (tertiary/aromatic N) is 2. The Balaban J connectivity index is 2.01. The molecule has 0 unspecified atom stereocenters. The molecule has 0 spiro atoms. The number of hydrogen-bond donors (Lipinski definition) is 1. The second-order valence-electron chi connectivity index (χ2n) is 5.01. The Morgan fingerprint density at radius 3 is 2.79 bits per heavy atom. The monoisotopic (exact) mass is 321 g/mol. The molecule has 1 aromatic rings. The number of nitriles is 1. The molecule has 1 aromatic carbocycles. The van der Waals surface area contributed by atoms with E-state index in [-0.39, 0.29) is 0 Å². The second kappa shape index (κ2) is 6.93. The molecular weight excluding hydrogens is 302 g/mol. The van der Waals surface area contributed by atoms with Gasteiger partial charge in [0, 0.05) is 17.6 Å². The van der Waals surface area contributed by atoms with Gasteiger partial charge in [0.1, 0.15) is 6.07 Å². The van der Waals surface area contributed by atoms with Crippen LogP contribution in [0.4, 0.5) is 5.69 Å². The van der Waals surface area contributed by atoms with Gasteiger partial charge in [-0.25, -0.2) is 0 Å². The highest BCUT2D eigenvalue weighted by Gasteiger charge is 2.20. The van der Waals surface area contributed by atoms with Crippen LogP contribution < -0.4 is 10.2 Å². The van der Waals surface area contributed by atoms with Crippen LogP contribution in [0.15, 0.2) is 22.7 Å². The van der Waals surface area contributed by atoms with E-state index in [4.69, 9.17) is 0 Å². The van der Waals surface area contributed by atoms with Gasteiger partial charge in [0.2, 0.25) is 0 Å². The minimum absolute atomic E-state index is 0.772. The third-order valence-corrected chi connectivity index (χ3v) is 4.21. The fourth-order valence-corrected chi connectivity index (χ4v) is 2.94. The molecule has 4 heteroatoms. The zero-order chi connectivity index (χ0) is 13.7.